The zero-order valence-corrected chi connectivity index (χ0v) is 14.8. The number of aromatic carboxylic acids is 1. The number of nitrogens with zero attached hydrogens (tertiary/aromatic N) is 2. The largest absolute Gasteiger partial charge is 0.481 e. The third kappa shape index (κ3) is 3.90. The molecule has 1 aliphatic heterocycles. The molecular formula is C20H16N2O6. The van der Waals surface area contributed by atoms with Crippen LogP contribution in [0.4, 0.5) is 5.69 Å². The zero-order chi connectivity index (χ0) is 20.3. The lowest BCUT2D eigenvalue weighted by molar-refractivity contribution is -0.139. The van der Waals surface area contributed by atoms with Crippen molar-refractivity contribution in [1.29, 1.82) is 0 Å². The third-order valence-corrected chi connectivity index (χ3v) is 3.99. The molecule has 0 saturated heterocycles. The van der Waals surface area contributed by atoms with E-state index < -0.39 is 18.5 Å². The van der Waals surface area contributed by atoms with Crippen molar-refractivity contribution in [2.75, 3.05) is 11.6 Å². The summed E-state index contributed by atoms with van der Waals surface area (Å²) < 4.78 is 5.26. The van der Waals surface area contributed by atoms with Crippen LogP contribution < -0.4 is 9.75 Å². The fraction of sp³-hybridized carbons (Fsp3) is 0.100. The first-order valence-corrected chi connectivity index (χ1v) is 8.25. The number of hydrogen-bond donors (Lipinski definition) is 2. The Kier molecular flexibility index (Phi) is 5.21. The summed E-state index contributed by atoms with van der Waals surface area (Å²) in [5.74, 6) is -2.21. The minimum Gasteiger partial charge on any atom is -0.481 e. The molecule has 0 spiro atoms. The van der Waals surface area contributed by atoms with Crippen molar-refractivity contribution in [3.05, 3.63) is 65.2 Å². The van der Waals surface area contributed by atoms with E-state index in [0.717, 1.165) is 0 Å². The highest BCUT2D eigenvalue weighted by Gasteiger charge is 2.29. The molecule has 8 heteroatoms. The molecule has 0 radical (unpaired) electrons. The smallest absolute Gasteiger partial charge is 0.341 e. The molecule has 0 fully saturated rings. The molecule has 1 aliphatic rings. The van der Waals surface area contributed by atoms with Crippen molar-refractivity contribution in [1.82, 2.24) is 0 Å². The maximum Gasteiger partial charge on any atom is 0.341 e. The van der Waals surface area contributed by atoms with Crippen molar-refractivity contribution in [2.24, 2.45) is 5.10 Å². The molecule has 2 aromatic rings. The van der Waals surface area contributed by atoms with Gasteiger partial charge in [0, 0.05) is 5.56 Å². The first-order chi connectivity index (χ1) is 13.4. The van der Waals surface area contributed by atoms with Gasteiger partial charge in [-0.05, 0) is 43.3 Å². The van der Waals surface area contributed by atoms with Gasteiger partial charge in [0.05, 0.1) is 22.5 Å². The summed E-state index contributed by atoms with van der Waals surface area (Å²) in [6.07, 6.45) is 1.59. The average molecular weight is 380 g/mol. The Morgan fingerprint density at radius 2 is 1.79 bits per heavy atom. The van der Waals surface area contributed by atoms with Gasteiger partial charge in [-0.15, -0.1) is 0 Å². The van der Waals surface area contributed by atoms with Gasteiger partial charge < -0.3 is 14.9 Å². The van der Waals surface area contributed by atoms with Crippen LogP contribution in [0.25, 0.3) is 6.08 Å². The number of benzene rings is 2. The van der Waals surface area contributed by atoms with Crippen LogP contribution in [0.2, 0.25) is 0 Å². The number of carbonyl (C=O) groups excluding carboxylic acids is 1. The molecule has 0 aliphatic carbocycles. The van der Waals surface area contributed by atoms with E-state index in [1.807, 2.05) is 0 Å². The quantitative estimate of drug-likeness (QED) is 0.744. The van der Waals surface area contributed by atoms with Gasteiger partial charge in [0.1, 0.15) is 5.75 Å². The molecule has 3 rings (SSSR count). The van der Waals surface area contributed by atoms with Crippen LogP contribution in [0, 0.1) is 0 Å². The van der Waals surface area contributed by atoms with Crippen molar-refractivity contribution in [3.8, 4) is 5.75 Å². The van der Waals surface area contributed by atoms with Gasteiger partial charge in [-0.2, -0.15) is 10.1 Å². The second-order valence-electron chi connectivity index (χ2n) is 5.93. The summed E-state index contributed by atoms with van der Waals surface area (Å²) in [6.45, 7) is 1.18. The van der Waals surface area contributed by atoms with Crippen LogP contribution in [0.3, 0.4) is 0 Å². The number of hydrogen-bond acceptors (Lipinski definition) is 5. The number of amides is 1. The molecule has 28 heavy (non-hydrogen) atoms. The monoisotopic (exact) mass is 380 g/mol. The van der Waals surface area contributed by atoms with E-state index in [0.29, 0.717) is 28.3 Å². The Balaban J connectivity index is 1.89. The molecule has 0 bridgehead atoms. The lowest BCUT2D eigenvalue weighted by Crippen LogP contribution is -2.21. The topological polar surface area (TPSA) is 117 Å². The van der Waals surface area contributed by atoms with Crippen molar-refractivity contribution in [3.63, 3.8) is 0 Å². The van der Waals surface area contributed by atoms with E-state index in [1.54, 1.807) is 37.3 Å². The summed E-state index contributed by atoms with van der Waals surface area (Å²) in [5.41, 5.74) is 1.89. The molecule has 2 N–H and O–H groups in total. The maximum atomic E-state index is 12.8. The first-order valence-electron chi connectivity index (χ1n) is 8.25. The highest BCUT2D eigenvalue weighted by molar-refractivity contribution is 6.32. The Morgan fingerprint density at radius 1 is 1.11 bits per heavy atom. The fourth-order valence-corrected chi connectivity index (χ4v) is 2.63. The lowest BCUT2D eigenvalue weighted by atomic mass is 10.1. The molecule has 0 atom stereocenters. The molecular weight excluding hydrogens is 364 g/mol. The predicted molar refractivity (Wildman–Crippen MR) is 102 cm³/mol. The van der Waals surface area contributed by atoms with E-state index in [-0.39, 0.29) is 11.5 Å². The van der Waals surface area contributed by atoms with Gasteiger partial charge in [0.2, 0.25) is 0 Å². The third-order valence-electron chi connectivity index (χ3n) is 3.99. The Labute approximate surface area is 160 Å². The van der Waals surface area contributed by atoms with Gasteiger partial charge in [0.15, 0.2) is 6.61 Å². The first kappa shape index (κ1) is 18.8. The molecule has 142 valence electrons. The SMILES string of the molecule is CC1=NN(c2ccc(C(=O)O)cc2)C(=O)/C1=C\c1ccccc1OCC(=O)O. The standard InChI is InChI=1S/C20H16N2O6/c1-12-16(10-14-4-2-3-5-17(14)28-11-18(23)24)19(25)22(21-12)15-8-6-13(7-9-15)20(26)27/h2-10H,11H2,1H3,(H,23,24)(H,26,27)/b16-10-. The predicted octanol–water partition coefficient (Wildman–Crippen LogP) is 2.65. The normalized spacial score (nSPS) is 14.9. The van der Waals surface area contributed by atoms with Gasteiger partial charge in [-0.25, -0.2) is 9.59 Å². The molecule has 8 nitrogen and oxygen atoms in total. The van der Waals surface area contributed by atoms with E-state index in [4.69, 9.17) is 14.9 Å². The second-order valence-corrected chi connectivity index (χ2v) is 5.93. The van der Waals surface area contributed by atoms with Crippen LogP contribution in [0.15, 0.2) is 59.2 Å². The Morgan fingerprint density at radius 3 is 2.43 bits per heavy atom. The number of aliphatic carboxylic acids is 1. The minimum absolute atomic E-state index is 0.108. The zero-order valence-electron chi connectivity index (χ0n) is 14.8. The molecule has 1 amide bonds. The Bertz CT molecular complexity index is 1010. The van der Waals surface area contributed by atoms with Crippen molar-refractivity contribution in [2.45, 2.75) is 6.92 Å². The lowest BCUT2D eigenvalue weighted by Gasteiger charge is -2.12. The summed E-state index contributed by atoms with van der Waals surface area (Å²) in [4.78, 5) is 34.5. The molecule has 0 unspecified atom stereocenters. The number of carboxylic acid groups (broad SMARTS) is 2. The van der Waals surface area contributed by atoms with Crippen molar-refractivity contribution >= 4 is 35.3 Å². The maximum absolute atomic E-state index is 12.8. The van der Waals surface area contributed by atoms with E-state index >= 15 is 0 Å². The van der Waals surface area contributed by atoms with E-state index in [9.17, 15) is 14.4 Å². The van der Waals surface area contributed by atoms with Gasteiger partial charge in [0.25, 0.3) is 5.91 Å². The van der Waals surface area contributed by atoms with Crippen LogP contribution in [-0.4, -0.2) is 40.4 Å². The number of ether oxygens (including phenoxy) is 1. The summed E-state index contributed by atoms with van der Waals surface area (Å²) in [5, 5.41) is 23.2. The number of anilines is 1. The van der Waals surface area contributed by atoms with Crippen LogP contribution in [-0.2, 0) is 9.59 Å². The minimum atomic E-state index is -1.10. The molecule has 0 aromatic heterocycles. The van der Waals surface area contributed by atoms with Crippen molar-refractivity contribution < 1.29 is 29.3 Å². The van der Waals surface area contributed by atoms with E-state index in [2.05, 4.69) is 5.10 Å². The molecule has 2 aromatic carbocycles. The van der Waals surface area contributed by atoms with Crippen LogP contribution >= 0.6 is 0 Å². The summed E-state index contributed by atoms with van der Waals surface area (Å²) in [6, 6.07) is 12.6. The van der Waals surface area contributed by atoms with Gasteiger partial charge >= 0.3 is 11.9 Å². The fourth-order valence-electron chi connectivity index (χ4n) is 2.63. The number of hydrazone groups is 1. The second kappa shape index (κ2) is 7.75. The summed E-state index contributed by atoms with van der Waals surface area (Å²) >= 11 is 0. The number of carboxylic acids is 2. The summed E-state index contributed by atoms with van der Waals surface area (Å²) in [7, 11) is 0. The van der Waals surface area contributed by atoms with Gasteiger partial charge in [-0.1, -0.05) is 18.2 Å². The average Bonchev–Trinajstić information content (AvgIpc) is 2.95. The number of para-hydroxylation sites is 1. The highest BCUT2D eigenvalue weighted by Crippen LogP contribution is 2.28. The van der Waals surface area contributed by atoms with Gasteiger partial charge in [-0.3, -0.25) is 4.79 Å². The van der Waals surface area contributed by atoms with Crippen LogP contribution in [0.5, 0.6) is 5.75 Å². The highest BCUT2D eigenvalue weighted by atomic mass is 16.5. The number of carbonyl (C=O) groups is 3. The molecule has 1 heterocycles. The van der Waals surface area contributed by atoms with Crippen LogP contribution in [0.1, 0.15) is 22.8 Å². The number of rotatable bonds is 6. The molecule has 0 saturated carbocycles. The van der Waals surface area contributed by atoms with E-state index in [1.165, 1.54) is 29.3 Å². The Hall–Kier alpha value is -3.94.